The van der Waals surface area contributed by atoms with Gasteiger partial charge < -0.3 is 10.1 Å². The fourth-order valence-corrected chi connectivity index (χ4v) is 2.15. The van der Waals surface area contributed by atoms with Gasteiger partial charge in [0.25, 0.3) is 5.69 Å². The van der Waals surface area contributed by atoms with E-state index in [2.05, 4.69) is 5.32 Å². The summed E-state index contributed by atoms with van der Waals surface area (Å²) in [6.07, 6.45) is 2.16. The second kappa shape index (κ2) is 5.82. The summed E-state index contributed by atoms with van der Waals surface area (Å²) in [7, 11) is 0. The van der Waals surface area contributed by atoms with Crippen molar-refractivity contribution in [3.05, 3.63) is 33.9 Å². The maximum Gasteiger partial charge on any atom is 0.274 e. The summed E-state index contributed by atoms with van der Waals surface area (Å²) in [5.41, 5.74) is 1.67. The quantitative estimate of drug-likeness (QED) is 0.644. The van der Waals surface area contributed by atoms with Crippen LogP contribution in [0.1, 0.15) is 18.4 Å². The minimum Gasteiger partial charge on any atom is -0.385 e. The number of aryl methyl sites for hydroxylation is 1. The van der Waals surface area contributed by atoms with Crippen LogP contribution in [0.3, 0.4) is 0 Å². The fourth-order valence-electron chi connectivity index (χ4n) is 2.15. The lowest BCUT2D eigenvalue weighted by Gasteiger charge is -2.10. The number of nitrogens with zero attached hydrogens (tertiary/aromatic N) is 1. The monoisotopic (exact) mass is 250 g/mol. The van der Waals surface area contributed by atoms with E-state index in [1.54, 1.807) is 19.1 Å². The van der Waals surface area contributed by atoms with Gasteiger partial charge >= 0.3 is 0 Å². The maximum atomic E-state index is 10.8. The van der Waals surface area contributed by atoms with Crippen molar-refractivity contribution in [2.24, 2.45) is 5.92 Å². The van der Waals surface area contributed by atoms with Crippen molar-refractivity contribution in [3.8, 4) is 0 Å². The van der Waals surface area contributed by atoms with E-state index in [0.29, 0.717) is 11.5 Å². The summed E-state index contributed by atoms with van der Waals surface area (Å²) in [4.78, 5) is 10.5. The van der Waals surface area contributed by atoms with E-state index in [1.807, 2.05) is 6.07 Å². The number of ether oxygens (including phenoxy) is 1. The van der Waals surface area contributed by atoms with Gasteiger partial charge in [-0.1, -0.05) is 6.07 Å². The average Bonchev–Trinajstić information content (AvgIpc) is 2.84. The number of nitro groups is 1. The Labute approximate surface area is 106 Å². The molecule has 98 valence electrons. The molecule has 0 spiro atoms. The second-order valence-corrected chi connectivity index (χ2v) is 4.70. The third-order valence-corrected chi connectivity index (χ3v) is 3.31. The molecule has 0 radical (unpaired) electrons. The zero-order chi connectivity index (χ0) is 13.0. The highest BCUT2D eigenvalue weighted by Gasteiger charge is 2.15. The minimum atomic E-state index is -0.342. The highest BCUT2D eigenvalue weighted by molar-refractivity contribution is 5.54. The first kappa shape index (κ1) is 12.8. The highest BCUT2D eigenvalue weighted by Crippen LogP contribution is 2.23. The standard InChI is InChI=1S/C13H18N2O3/c1-10-2-3-12(8-13(10)15(16)17)14-6-4-11-5-7-18-9-11/h2-3,8,11,14H,4-7,9H2,1H3. The molecule has 1 heterocycles. The van der Waals surface area contributed by atoms with Crippen LogP contribution in [-0.4, -0.2) is 24.7 Å². The fraction of sp³-hybridized carbons (Fsp3) is 0.538. The Morgan fingerprint density at radius 2 is 2.39 bits per heavy atom. The molecule has 1 N–H and O–H groups in total. The van der Waals surface area contributed by atoms with E-state index < -0.39 is 0 Å². The molecule has 1 aromatic rings. The first-order chi connectivity index (χ1) is 8.66. The van der Waals surface area contributed by atoms with Gasteiger partial charge in [-0.15, -0.1) is 0 Å². The van der Waals surface area contributed by atoms with Crippen molar-refractivity contribution in [3.63, 3.8) is 0 Å². The molecular weight excluding hydrogens is 232 g/mol. The number of hydrogen-bond acceptors (Lipinski definition) is 4. The predicted octanol–water partition coefficient (Wildman–Crippen LogP) is 2.74. The second-order valence-electron chi connectivity index (χ2n) is 4.70. The summed E-state index contributed by atoms with van der Waals surface area (Å²) in [6.45, 7) is 4.28. The lowest BCUT2D eigenvalue weighted by atomic mass is 10.1. The van der Waals surface area contributed by atoms with Gasteiger partial charge in [-0.05, 0) is 31.7 Å². The van der Waals surface area contributed by atoms with Gasteiger partial charge in [0.1, 0.15) is 0 Å². The molecule has 18 heavy (non-hydrogen) atoms. The molecule has 0 aliphatic carbocycles. The molecule has 0 amide bonds. The van der Waals surface area contributed by atoms with Gasteiger partial charge in [-0.2, -0.15) is 0 Å². The first-order valence-corrected chi connectivity index (χ1v) is 6.23. The van der Waals surface area contributed by atoms with E-state index in [1.165, 1.54) is 0 Å². The van der Waals surface area contributed by atoms with Crippen LogP contribution >= 0.6 is 0 Å². The number of hydrogen-bond donors (Lipinski definition) is 1. The Morgan fingerprint density at radius 1 is 1.56 bits per heavy atom. The maximum absolute atomic E-state index is 10.8. The molecule has 1 unspecified atom stereocenters. The Bertz CT molecular complexity index is 428. The Hall–Kier alpha value is -1.62. The van der Waals surface area contributed by atoms with Crippen LogP contribution in [0.25, 0.3) is 0 Å². The normalized spacial score (nSPS) is 18.8. The summed E-state index contributed by atoms with van der Waals surface area (Å²) in [6, 6.07) is 5.26. The first-order valence-electron chi connectivity index (χ1n) is 6.23. The predicted molar refractivity (Wildman–Crippen MR) is 69.9 cm³/mol. The molecule has 5 nitrogen and oxygen atoms in total. The van der Waals surface area contributed by atoms with Gasteiger partial charge in [0.2, 0.25) is 0 Å². The topological polar surface area (TPSA) is 64.4 Å². The Morgan fingerprint density at radius 3 is 3.06 bits per heavy atom. The van der Waals surface area contributed by atoms with Crippen molar-refractivity contribution in [1.29, 1.82) is 0 Å². The van der Waals surface area contributed by atoms with Crippen LogP contribution in [0.2, 0.25) is 0 Å². The van der Waals surface area contributed by atoms with Crippen molar-refractivity contribution in [2.75, 3.05) is 25.1 Å². The van der Waals surface area contributed by atoms with Crippen LogP contribution in [-0.2, 0) is 4.74 Å². The highest BCUT2D eigenvalue weighted by atomic mass is 16.6. The van der Waals surface area contributed by atoms with Crippen molar-refractivity contribution in [1.82, 2.24) is 0 Å². The van der Waals surface area contributed by atoms with Gasteiger partial charge in [0.05, 0.1) is 4.92 Å². The zero-order valence-corrected chi connectivity index (χ0v) is 10.5. The van der Waals surface area contributed by atoms with Crippen LogP contribution in [0, 0.1) is 23.0 Å². The molecule has 0 aromatic heterocycles. The molecule has 1 aromatic carbocycles. The number of nitro benzene ring substituents is 1. The SMILES string of the molecule is Cc1ccc(NCCC2CCOC2)cc1[N+](=O)[O-]. The van der Waals surface area contributed by atoms with Gasteiger partial charge in [-0.3, -0.25) is 10.1 Å². The smallest absolute Gasteiger partial charge is 0.274 e. The molecule has 1 saturated heterocycles. The molecule has 0 saturated carbocycles. The van der Waals surface area contributed by atoms with Crippen molar-refractivity contribution < 1.29 is 9.66 Å². The van der Waals surface area contributed by atoms with Crippen LogP contribution in [0.5, 0.6) is 0 Å². The summed E-state index contributed by atoms with van der Waals surface area (Å²) in [5.74, 6) is 0.623. The van der Waals surface area contributed by atoms with Crippen LogP contribution < -0.4 is 5.32 Å². The van der Waals surface area contributed by atoms with Crippen LogP contribution in [0.15, 0.2) is 18.2 Å². The lowest BCUT2D eigenvalue weighted by Crippen LogP contribution is -2.09. The number of nitrogens with one attached hydrogen (secondary N) is 1. The molecule has 1 atom stereocenters. The zero-order valence-electron chi connectivity index (χ0n) is 10.5. The number of benzene rings is 1. The van der Waals surface area contributed by atoms with Crippen molar-refractivity contribution in [2.45, 2.75) is 19.8 Å². The summed E-state index contributed by atoms with van der Waals surface area (Å²) in [5, 5.41) is 14.1. The van der Waals surface area contributed by atoms with Gasteiger partial charge in [0.15, 0.2) is 0 Å². The molecule has 0 bridgehead atoms. The largest absolute Gasteiger partial charge is 0.385 e. The summed E-state index contributed by atoms with van der Waals surface area (Å²) >= 11 is 0. The van der Waals surface area contributed by atoms with E-state index >= 15 is 0 Å². The molecular formula is C13H18N2O3. The van der Waals surface area contributed by atoms with E-state index in [9.17, 15) is 10.1 Å². The van der Waals surface area contributed by atoms with Crippen LogP contribution in [0.4, 0.5) is 11.4 Å². The molecule has 1 aliphatic heterocycles. The molecule has 1 fully saturated rings. The number of rotatable bonds is 5. The number of anilines is 1. The van der Waals surface area contributed by atoms with Crippen molar-refractivity contribution >= 4 is 11.4 Å². The minimum absolute atomic E-state index is 0.171. The van der Waals surface area contributed by atoms with Gasteiger partial charge in [-0.25, -0.2) is 0 Å². The Balaban J connectivity index is 1.88. The average molecular weight is 250 g/mol. The molecule has 1 aliphatic rings. The van der Waals surface area contributed by atoms with E-state index in [-0.39, 0.29) is 10.6 Å². The lowest BCUT2D eigenvalue weighted by molar-refractivity contribution is -0.385. The Kier molecular flexibility index (Phi) is 4.15. The third-order valence-electron chi connectivity index (χ3n) is 3.31. The van der Waals surface area contributed by atoms with E-state index in [0.717, 1.165) is 38.3 Å². The van der Waals surface area contributed by atoms with Gasteiger partial charge in [0, 0.05) is 37.1 Å². The molecule has 5 heteroatoms. The third kappa shape index (κ3) is 3.20. The summed E-state index contributed by atoms with van der Waals surface area (Å²) < 4.78 is 5.31. The molecule has 2 rings (SSSR count). The van der Waals surface area contributed by atoms with E-state index in [4.69, 9.17) is 4.74 Å².